The molecule has 12 atom stereocenters. The molecule has 3 N–H and O–H groups in total. The Morgan fingerprint density at radius 1 is 1.09 bits per heavy atom. The van der Waals surface area contributed by atoms with Gasteiger partial charge >= 0.3 is 0 Å². The number of amides is 1. The van der Waals surface area contributed by atoms with Crippen LogP contribution in [0.3, 0.4) is 0 Å². The van der Waals surface area contributed by atoms with Crippen molar-refractivity contribution in [3.63, 3.8) is 0 Å². The lowest BCUT2D eigenvalue weighted by molar-refractivity contribution is -0.222. The zero-order chi connectivity index (χ0) is 25.9. The minimum atomic E-state index is -3.54. The zero-order valence-corrected chi connectivity index (χ0v) is 22.9. The predicted molar refractivity (Wildman–Crippen MR) is 133 cm³/mol. The van der Waals surface area contributed by atoms with E-state index in [1.165, 1.54) is 0 Å². The number of aliphatic hydroxyl groups excluding tert-OH is 2. The van der Waals surface area contributed by atoms with E-state index in [1.54, 1.807) is 0 Å². The highest BCUT2D eigenvalue weighted by atomic mass is 32.2. The summed E-state index contributed by atoms with van der Waals surface area (Å²) in [4.78, 5) is 12.1. The van der Waals surface area contributed by atoms with Gasteiger partial charge in [0.2, 0.25) is 15.9 Å². The molecule has 4 fully saturated rings. The maximum Gasteiger partial charge on any atom is 0.233 e. The summed E-state index contributed by atoms with van der Waals surface area (Å²) in [6.07, 6.45) is 5.23. The highest BCUT2D eigenvalue weighted by molar-refractivity contribution is 7.89. The van der Waals surface area contributed by atoms with E-state index in [-0.39, 0.29) is 46.8 Å². The molecule has 6 nitrogen and oxygen atoms in total. The van der Waals surface area contributed by atoms with E-state index in [0.29, 0.717) is 24.7 Å². The molecule has 202 valence electrons. The van der Waals surface area contributed by atoms with E-state index in [9.17, 15) is 23.4 Å². The van der Waals surface area contributed by atoms with Gasteiger partial charge in [0.15, 0.2) is 0 Å². The first-order chi connectivity index (χ1) is 16.2. The van der Waals surface area contributed by atoms with Crippen molar-refractivity contribution in [3.8, 4) is 0 Å². The molecule has 0 radical (unpaired) electrons. The monoisotopic (exact) mass is 515 g/mol. The fourth-order valence-electron chi connectivity index (χ4n) is 9.77. The minimum absolute atomic E-state index is 0.0552. The molecule has 0 aliphatic heterocycles. The summed E-state index contributed by atoms with van der Waals surface area (Å²) in [6.45, 7) is 8.83. The molecule has 0 spiro atoms. The van der Waals surface area contributed by atoms with E-state index in [2.05, 4.69) is 25.5 Å². The summed E-state index contributed by atoms with van der Waals surface area (Å²) < 4.78 is 40.3. The molecule has 4 aliphatic rings. The minimum Gasteiger partial charge on any atom is -0.393 e. The number of rotatable bonds is 6. The molecule has 0 saturated heterocycles. The van der Waals surface area contributed by atoms with Crippen molar-refractivity contribution in [2.45, 2.75) is 104 Å². The zero-order valence-electron chi connectivity index (χ0n) is 22.0. The van der Waals surface area contributed by atoms with Gasteiger partial charge in [-0.2, -0.15) is 0 Å². The van der Waals surface area contributed by atoms with Crippen molar-refractivity contribution in [2.24, 2.45) is 52.3 Å². The second-order valence-corrected chi connectivity index (χ2v) is 14.7. The average Bonchev–Trinajstić information content (AvgIpc) is 3.12. The maximum atomic E-state index is 15.5. The molecule has 35 heavy (non-hydrogen) atoms. The molecule has 8 heteroatoms. The predicted octanol–water partition coefficient (Wildman–Crippen LogP) is 4.05. The average molecular weight is 516 g/mol. The Balaban J connectivity index is 1.54. The first kappa shape index (κ1) is 27.3. The molecule has 0 aromatic rings. The lowest BCUT2D eigenvalue weighted by atomic mass is 9.41. The van der Waals surface area contributed by atoms with Crippen LogP contribution >= 0.6 is 0 Å². The highest BCUT2D eigenvalue weighted by Gasteiger charge is 2.66. The number of aliphatic hydroxyl groups is 2. The van der Waals surface area contributed by atoms with Gasteiger partial charge in [-0.15, -0.1) is 0 Å². The molecule has 0 bridgehead atoms. The Bertz CT molecular complexity index is 913. The fraction of sp³-hybridized carbons (Fsp3) is 0.963. The number of alkyl halides is 1. The number of carbonyl (C=O) groups is 1. The van der Waals surface area contributed by atoms with Crippen LogP contribution in [0.5, 0.6) is 0 Å². The molecule has 4 saturated carbocycles. The van der Waals surface area contributed by atoms with Crippen molar-refractivity contribution in [2.75, 3.05) is 6.26 Å². The highest BCUT2D eigenvalue weighted by Crippen LogP contribution is 2.69. The molecular formula is C27H46FNO5S. The van der Waals surface area contributed by atoms with Gasteiger partial charge in [-0.3, -0.25) is 9.52 Å². The van der Waals surface area contributed by atoms with Gasteiger partial charge in [0.05, 0.1) is 18.5 Å². The van der Waals surface area contributed by atoms with Crippen LogP contribution in [-0.2, 0) is 14.8 Å². The first-order valence-electron chi connectivity index (χ1n) is 13.8. The summed E-state index contributed by atoms with van der Waals surface area (Å²) in [6, 6.07) is 0. The standard InChI is InChI=1S/C27H46FNO5S/c1-6-16-23-24(28)20(30)12-14-27(23,4)19-11-13-26(3)17(8-9-18(26)22(19)25(16)32)15(2)7-10-21(31)29-35(5,33)34/h15-20,22-25,30,32H,6-14H2,1-5H3,(H,29,31)/t15-,16-,17?,18?,19?,20-,22?,23-,24+,25?,26-,27-/m1/s1. The summed E-state index contributed by atoms with van der Waals surface area (Å²) >= 11 is 0. The summed E-state index contributed by atoms with van der Waals surface area (Å²) in [5.74, 6) is 0.598. The van der Waals surface area contributed by atoms with Crippen LogP contribution in [0.25, 0.3) is 0 Å². The maximum absolute atomic E-state index is 15.5. The van der Waals surface area contributed by atoms with Gasteiger partial charge in [-0.05, 0) is 91.3 Å². The first-order valence-corrected chi connectivity index (χ1v) is 15.6. The van der Waals surface area contributed by atoms with E-state index >= 15 is 4.39 Å². The third kappa shape index (κ3) is 4.58. The van der Waals surface area contributed by atoms with Crippen molar-refractivity contribution < 1.29 is 27.8 Å². The van der Waals surface area contributed by atoms with Crippen LogP contribution < -0.4 is 4.72 Å². The van der Waals surface area contributed by atoms with E-state index in [1.807, 2.05) is 6.92 Å². The molecule has 0 heterocycles. The molecule has 4 aliphatic carbocycles. The van der Waals surface area contributed by atoms with Gasteiger partial charge in [0, 0.05) is 12.3 Å². The number of fused-ring (bicyclic) bond motifs is 5. The number of carbonyl (C=O) groups excluding carboxylic acids is 1. The Labute approximate surface area is 210 Å². The normalized spacial score (nSPS) is 48.4. The molecular weight excluding hydrogens is 469 g/mol. The number of nitrogens with one attached hydrogen (secondary N) is 1. The second-order valence-electron chi connectivity index (χ2n) is 13.0. The molecule has 5 unspecified atom stereocenters. The summed E-state index contributed by atoms with van der Waals surface area (Å²) in [5, 5.41) is 22.1. The lowest BCUT2D eigenvalue weighted by Crippen LogP contribution is -2.65. The van der Waals surface area contributed by atoms with Gasteiger partial charge in [-0.1, -0.05) is 34.1 Å². The Hall–Kier alpha value is -0.730. The third-order valence-electron chi connectivity index (χ3n) is 11.3. The van der Waals surface area contributed by atoms with Crippen molar-refractivity contribution in [1.29, 1.82) is 0 Å². The summed E-state index contributed by atoms with van der Waals surface area (Å²) in [7, 11) is -3.54. The number of halogens is 1. The molecule has 0 aromatic heterocycles. The Kier molecular flexibility index (Phi) is 7.44. The van der Waals surface area contributed by atoms with Gasteiger partial charge in [0.25, 0.3) is 0 Å². The lowest BCUT2D eigenvalue weighted by Gasteiger charge is -2.65. The molecule has 0 aromatic carbocycles. The van der Waals surface area contributed by atoms with Crippen LogP contribution in [0.4, 0.5) is 4.39 Å². The number of hydrogen-bond acceptors (Lipinski definition) is 5. The van der Waals surface area contributed by atoms with E-state index in [4.69, 9.17) is 0 Å². The van der Waals surface area contributed by atoms with Crippen LogP contribution in [0.1, 0.15) is 85.5 Å². The van der Waals surface area contributed by atoms with Crippen LogP contribution in [0.2, 0.25) is 0 Å². The van der Waals surface area contributed by atoms with Gasteiger partial charge in [0.1, 0.15) is 6.17 Å². The smallest absolute Gasteiger partial charge is 0.233 e. The van der Waals surface area contributed by atoms with Crippen LogP contribution in [0.15, 0.2) is 0 Å². The van der Waals surface area contributed by atoms with Crippen molar-refractivity contribution in [1.82, 2.24) is 4.72 Å². The number of hydrogen-bond donors (Lipinski definition) is 3. The van der Waals surface area contributed by atoms with Crippen molar-refractivity contribution in [3.05, 3.63) is 0 Å². The fourth-order valence-corrected chi connectivity index (χ4v) is 10.3. The van der Waals surface area contributed by atoms with E-state index in [0.717, 1.165) is 44.8 Å². The molecule has 4 rings (SSSR count). The summed E-state index contributed by atoms with van der Waals surface area (Å²) in [5.41, 5.74) is -0.141. The SMILES string of the molecule is CC[C@H]1C(O)C2C3CCC([C@H](C)CCC(=O)NS(C)(=O)=O)[C@@]3(C)CCC2[C@@]2(C)CC[C@@H](O)[C@H](F)[C@@H]12. The quantitative estimate of drug-likeness (QED) is 0.495. The molecule has 1 amide bonds. The Morgan fingerprint density at radius 3 is 2.34 bits per heavy atom. The van der Waals surface area contributed by atoms with Crippen LogP contribution in [-0.4, -0.2) is 49.2 Å². The van der Waals surface area contributed by atoms with Gasteiger partial charge in [-0.25, -0.2) is 12.8 Å². The van der Waals surface area contributed by atoms with Crippen molar-refractivity contribution >= 4 is 15.9 Å². The second kappa shape index (κ2) is 9.54. The van der Waals surface area contributed by atoms with E-state index < -0.39 is 34.3 Å². The largest absolute Gasteiger partial charge is 0.393 e. The third-order valence-corrected chi connectivity index (χ3v) is 11.9. The number of sulfonamides is 1. The van der Waals surface area contributed by atoms with Gasteiger partial charge < -0.3 is 10.2 Å². The topological polar surface area (TPSA) is 104 Å². The Morgan fingerprint density at radius 2 is 1.71 bits per heavy atom. The van der Waals surface area contributed by atoms with Crippen LogP contribution in [0, 0.1) is 52.3 Å².